The molecule has 0 bridgehead atoms. The van der Waals surface area contributed by atoms with Crippen molar-refractivity contribution < 1.29 is 57.9 Å². The maximum Gasteiger partial charge on any atom is 0.320 e. The predicted molar refractivity (Wildman–Crippen MR) is 137 cm³/mol. The summed E-state index contributed by atoms with van der Waals surface area (Å²) in [4.78, 5) is 70.0. The van der Waals surface area contributed by atoms with Gasteiger partial charge in [0.15, 0.2) is 5.92 Å². The molecule has 0 fully saturated rings. The molecule has 0 radical (unpaired) electrons. The van der Waals surface area contributed by atoms with Crippen LogP contribution in [0.3, 0.4) is 0 Å². The number of carboxylic acids is 2. The Morgan fingerprint density at radius 1 is 0.775 bits per heavy atom. The van der Waals surface area contributed by atoms with Gasteiger partial charge in [0.25, 0.3) is 11.8 Å². The van der Waals surface area contributed by atoms with E-state index in [1.165, 1.54) is 12.2 Å². The smallest absolute Gasteiger partial charge is 0.320 e. The van der Waals surface area contributed by atoms with E-state index in [2.05, 4.69) is 10.6 Å². The van der Waals surface area contributed by atoms with Crippen LogP contribution >= 0.6 is 0 Å². The van der Waals surface area contributed by atoms with Gasteiger partial charge in [0, 0.05) is 38.1 Å². The highest BCUT2D eigenvalue weighted by atomic mass is 16.6. The van der Waals surface area contributed by atoms with Crippen molar-refractivity contribution >= 4 is 35.6 Å². The molecule has 1 heterocycles. The number of carboxylic acid groups (broad SMARTS) is 2. The summed E-state index contributed by atoms with van der Waals surface area (Å²) in [7, 11) is 0. The Labute approximate surface area is 232 Å². The number of rotatable bonds is 24. The zero-order valence-electron chi connectivity index (χ0n) is 22.6. The summed E-state index contributed by atoms with van der Waals surface area (Å²) in [6, 6.07) is -1.00. The van der Waals surface area contributed by atoms with Crippen LogP contribution in [0.25, 0.3) is 0 Å². The van der Waals surface area contributed by atoms with E-state index in [-0.39, 0.29) is 64.7 Å². The third kappa shape index (κ3) is 14.7. The maximum absolute atomic E-state index is 12.0. The van der Waals surface area contributed by atoms with Gasteiger partial charge in [0.1, 0.15) is 0 Å². The van der Waals surface area contributed by atoms with Crippen LogP contribution in [0.4, 0.5) is 0 Å². The third-order valence-electron chi connectivity index (χ3n) is 5.50. The van der Waals surface area contributed by atoms with E-state index >= 15 is 0 Å². The Kier molecular flexibility index (Phi) is 17.7. The quantitative estimate of drug-likeness (QED) is 0.0619. The number of carbonyl (C=O) groups is 6. The first kappa shape index (κ1) is 34.6. The number of hydrogen-bond donors (Lipinski definition) is 4. The third-order valence-corrected chi connectivity index (χ3v) is 5.50. The van der Waals surface area contributed by atoms with Crippen LogP contribution in [0.2, 0.25) is 0 Å². The van der Waals surface area contributed by atoms with Crippen LogP contribution in [-0.4, -0.2) is 123 Å². The van der Waals surface area contributed by atoms with Gasteiger partial charge in [-0.1, -0.05) is 13.3 Å². The molecule has 226 valence electrons. The van der Waals surface area contributed by atoms with Gasteiger partial charge < -0.3 is 39.8 Å². The summed E-state index contributed by atoms with van der Waals surface area (Å²) < 4.78 is 21.4. The maximum atomic E-state index is 12.0. The molecule has 1 atom stereocenters. The topological polar surface area (TPSA) is 207 Å². The molecule has 0 aromatic rings. The summed E-state index contributed by atoms with van der Waals surface area (Å²) in [5, 5.41) is 23.3. The number of aliphatic carboxylic acids is 2. The average molecular weight is 574 g/mol. The molecule has 1 aliphatic rings. The van der Waals surface area contributed by atoms with Gasteiger partial charge in [-0.2, -0.15) is 0 Å². The Morgan fingerprint density at radius 2 is 1.27 bits per heavy atom. The lowest BCUT2D eigenvalue weighted by atomic mass is 9.95. The van der Waals surface area contributed by atoms with Gasteiger partial charge in [-0.3, -0.25) is 33.7 Å². The molecule has 40 heavy (non-hydrogen) atoms. The largest absolute Gasteiger partial charge is 0.481 e. The van der Waals surface area contributed by atoms with E-state index in [0.29, 0.717) is 32.8 Å². The minimum atomic E-state index is -1.71. The van der Waals surface area contributed by atoms with Crippen molar-refractivity contribution in [3.05, 3.63) is 12.2 Å². The van der Waals surface area contributed by atoms with E-state index in [1.54, 1.807) is 6.92 Å². The Bertz CT molecular complexity index is 847. The SMILES string of the molecule is CCC[C@H](NC(=O)CCOCCOCCOCCOCCNC(=O)CCN1C(=O)C=CC1=O)C(C(=O)O)C(=O)O. The molecule has 4 N–H and O–H groups in total. The Balaban J connectivity index is 1.93. The van der Waals surface area contributed by atoms with Gasteiger partial charge >= 0.3 is 11.9 Å². The molecule has 0 aliphatic carbocycles. The van der Waals surface area contributed by atoms with Crippen LogP contribution < -0.4 is 10.6 Å². The number of carbonyl (C=O) groups excluding carboxylic acids is 4. The Morgan fingerprint density at radius 3 is 1.77 bits per heavy atom. The zero-order chi connectivity index (χ0) is 29.8. The normalized spacial score (nSPS) is 13.6. The fraction of sp³-hybridized carbons (Fsp3) is 0.680. The standard InChI is InChI=1S/C25H39N3O12/c1-2-3-18(23(24(33)34)25(35)36)27-20(30)7-10-37-12-14-39-16-17-40-15-13-38-11-8-26-19(29)6-9-28-21(31)4-5-22(28)32/h4-5,18,23H,2-3,6-17H2,1H3,(H,26,29)(H,27,30)(H,33,34)(H,35,36)/t18-/m0/s1. The fourth-order valence-electron chi connectivity index (χ4n) is 3.50. The van der Waals surface area contributed by atoms with Crippen molar-refractivity contribution in [1.82, 2.24) is 15.5 Å². The first-order valence-corrected chi connectivity index (χ1v) is 13.0. The summed E-state index contributed by atoms with van der Waals surface area (Å²) in [6.07, 6.45) is 3.05. The first-order valence-electron chi connectivity index (χ1n) is 13.0. The molecular formula is C25H39N3O12. The number of hydrogen-bond acceptors (Lipinski definition) is 10. The van der Waals surface area contributed by atoms with E-state index in [4.69, 9.17) is 29.2 Å². The highest BCUT2D eigenvalue weighted by Crippen LogP contribution is 2.11. The number of nitrogens with zero attached hydrogens (tertiary/aromatic N) is 1. The minimum absolute atomic E-state index is 0.0195. The van der Waals surface area contributed by atoms with Gasteiger partial charge in [0.2, 0.25) is 11.8 Å². The summed E-state index contributed by atoms with van der Waals surface area (Å²) in [5.74, 6) is -6.33. The highest BCUT2D eigenvalue weighted by molar-refractivity contribution is 6.13. The predicted octanol–water partition coefficient (Wildman–Crippen LogP) is -1.06. The van der Waals surface area contributed by atoms with Crippen LogP contribution in [0.5, 0.6) is 0 Å². The molecule has 15 nitrogen and oxygen atoms in total. The second-order valence-corrected chi connectivity index (χ2v) is 8.58. The van der Waals surface area contributed by atoms with Crippen LogP contribution in [-0.2, 0) is 47.7 Å². The summed E-state index contributed by atoms with van der Waals surface area (Å²) in [5.41, 5.74) is 0. The molecule has 0 unspecified atom stereocenters. The number of amides is 4. The molecule has 0 aromatic carbocycles. The number of ether oxygens (including phenoxy) is 4. The van der Waals surface area contributed by atoms with E-state index in [9.17, 15) is 28.8 Å². The van der Waals surface area contributed by atoms with Crippen molar-refractivity contribution in [2.75, 3.05) is 65.9 Å². The van der Waals surface area contributed by atoms with Gasteiger partial charge in [0.05, 0.1) is 58.9 Å². The fourth-order valence-corrected chi connectivity index (χ4v) is 3.50. The lowest BCUT2D eigenvalue weighted by Gasteiger charge is -2.21. The van der Waals surface area contributed by atoms with Crippen LogP contribution in [0.15, 0.2) is 12.2 Å². The van der Waals surface area contributed by atoms with Gasteiger partial charge in [-0.15, -0.1) is 0 Å². The van der Waals surface area contributed by atoms with Crippen molar-refractivity contribution in [2.24, 2.45) is 5.92 Å². The van der Waals surface area contributed by atoms with Crippen LogP contribution in [0, 0.1) is 5.92 Å². The van der Waals surface area contributed by atoms with Crippen molar-refractivity contribution in [3.8, 4) is 0 Å². The molecule has 0 saturated carbocycles. The molecular weight excluding hydrogens is 534 g/mol. The first-order chi connectivity index (χ1) is 19.2. The van der Waals surface area contributed by atoms with Crippen molar-refractivity contribution in [1.29, 1.82) is 0 Å². The van der Waals surface area contributed by atoms with Crippen molar-refractivity contribution in [2.45, 2.75) is 38.6 Å². The lowest BCUT2D eigenvalue weighted by Crippen LogP contribution is -2.47. The summed E-state index contributed by atoms with van der Waals surface area (Å²) in [6.45, 7) is 4.25. The Hall–Kier alpha value is -3.40. The van der Waals surface area contributed by atoms with E-state index in [1.807, 2.05) is 0 Å². The molecule has 15 heteroatoms. The molecule has 1 aliphatic heterocycles. The molecule has 0 spiro atoms. The summed E-state index contributed by atoms with van der Waals surface area (Å²) >= 11 is 0. The second kappa shape index (κ2) is 20.5. The second-order valence-electron chi connectivity index (χ2n) is 8.58. The number of nitrogens with one attached hydrogen (secondary N) is 2. The van der Waals surface area contributed by atoms with Crippen molar-refractivity contribution in [3.63, 3.8) is 0 Å². The lowest BCUT2D eigenvalue weighted by molar-refractivity contribution is -0.156. The molecule has 4 amide bonds. The highest BCUT2D eigenvalue weighted by Gasteiger charge is 2.35. The van der Waals surface area contributed by atoms with Gasteiger partial charge in [-0.25, -0.2) is 0 Å². The zero-order valence-corrected chi connectivity index (χ0v) is 22.6. The monoisotopic (exact) mass is 573 g/mol. The average Bonchev–Trinajstić information content (AvgIpc) is 3.21. The molecule has 1 rings (SSSR count). The van der Waals surface area contributed by atoms with E-state index in [0.717, 1.165) is 4.90 Å². The minimum Gasteiger partial charge on any atom is -0.481 e. The molecule has 0 aromatic heterocycles. The molecule has 0 saturated heterocycles. The van der Waals surface area contributed by atoms with Crippen LogP contribution in [0.1, 0.15) is 32.6 Å². The number of imide groups is 1. The van der Waals surface area contributed by atoms with Gasteiger partial charge in [-0.05, 0) is 6.42 Å². The van der Waals surface area contributed by atoms with E-state index < -0.39 is 41.6 Å².